The van der Waals surface area contributed by atoms with Crippen LogP contribution in [0.25, 0.3) is 33.7 Å². The lowest BCUT2D eigenvalue weighted by molar-refractivity contribution is 0.432. The van der Waals surface area contributed by atoms with E-state index in [4.69, 9.17) is 9.05 Å². The zero-order valence-corrected chi connectivity index (χ0v) is 15.0. The van der Waals surface area contributed by atoms with Gasteiger partial charge in [-0.3, -0.25) is 0 Å². The summed E-state index contributed by atoms with van der Waals surface area (Å²) in [7, 11) is 0. The molecule has 3 heterocycles. The van der Waals surface area contributed by atoms with E-state index in [0.29, 0.717) is 17.2 Å². The van der Waals surface area contributed by atoms with Crippen molar-refractivity contribution in [2.75, 3.05) is 5.32 Å². The lowest BCUT2D eigenvalue weighted by Gasteiger charge is -2.07. The van der Waals surface area contributed by atoms with Gasteiger partial charge < -0.3 is 14.4 Å². The van der Waals surface area contributed by atoms with Crippen molar-refractivity contribution in [2.45, 2.75) is 6.92 Å². The molecule has 0 aliphatic heterocycles. The second-order valence-electron chi connectivity index (χ2n) is 6.38. The van der Waals surface area contributed by atoms with E-state index in [2.05, 4.69) is 25.6 Å². The number of fused-ring (bicyclic) bond motifs is 1. The van der Waals surface area contributed by atoms with Crippen LogP contribution in [-0.2, 0) is 0 Å². The quantitative estimate of drug-likeness (QED) is 0.477. The van der Waals surface area contributed by atoms with Crippen molar-refractivity contribution in [3.05, 3.63) is 72.7 Å². The van der Waals surface area contributed by atoms with Gasteiger partial charge in [0.15, 0.2) is 5.76 Å². The largest absolute Gasteiger partial charge is 0.356 e. The Labute approximate surface area is 160 Å². The van der Waals surface area contributed by atoms with Crippen LogP contribution in [0.3, 0.4) is 0 Å². The number of benzene rings is 2. The number of aryl methyl sites for hydroxylation is 1. The van der Waals surface area contributed by atoms with Gasteiger partial charge in [-0.15, -0.1) is 0 Å². The summed E-state index contributed by atoms with van der Waals surface area (Å²) in [5, 5.41) is 12.0. The molecular weight excluding hydrogens is 354 g/mol. The van der Waals surface area contributed by atoms with Crippen molar-refractivity contribution in [2.24, 2.45) is 0 Å². The van der Waals surface area contributed by atoms with Crippen molar-refractivity contribution in [1.29, 1.82) is 0 Å². The number of hydrogen-bond donors (Lipinski definition) is 1. The Morgan fingerprint density at radius 2 is 1.61 bits per heavy atom. The van der Waals surface area contributed by atoms with Crippen molar-refractivity contribution < 1.29 is 9.05 Å². The lowest BCUT2D eigenvalue weighted by atomic mass is 10.1. The third kappa shape index (κ3) is 2.88. The van der Waals surface area contributed by atoms with E-state index in [-0.39, 0.29) is 0 Å². The molecule has 136 valence electrons. The number of anilines is 2. The minimum absolute atomic E-state index is 0.436. The summed E-state index contributed by atoms with van der Waals surface area (Å²) in [5.74, 6) is 1.35. The summed E-state index contributed by atoms with van der Waals surface area (Å²) in [6, 6.07) is 17.7. The van der Waals surface area contributed by atoms with E-state index in [1.165, 1.54) is 11.9 Å². The van der Waals surface area contributed by atoms with Crippen molar-refractivity contribution >= 4 is 22.6 Å². The van der Waals surface area contributed by atoms with Crippen LogP contribution in [0.4, 0.5) is 11.5 Å². The van der Waals surface area contributed by atoms with Crippen molar-refractivity contribution in [3.8, 4) is 22.6 Å². The first kappa shape index (κ1) is 16.2. The summed E-state index contributed by atoms with van der Waals surface area (Å²) < 4.78 is 10.6. The van der Waals surface area contributed by atoms with E-state index < -0.39 is 0 Å². The molecule has 0 aliphatic carbocycles. The third-order valence-corrected chi connectivity index (χ3v) is 4.47. The first-order chi connectivity index (χ1) is 13.8. The fourth-order valence-corrected chi connectivity index (χ4v) is 3.01. The van der Waals surface area contributed by atoms with Gasteiger partial charge >= 0.3 is 0 Å². The Hall–Kier alpha value is -4.00. The smallest absolute Gasteiger partial charge is 0.263 e. The van der Waals surface area contributed by atoms with E-state index in [1.54, 1.807) is 6.20 Å². The first-order valence-electron chi connectivity index (χ1n) is 8.73. The van der Waals surface area contributed by atoms with E-state index in [0.717, 1.165) is 28.0 Å². The zero-order chi connectivity index (χ0) is 18.9. The minimum Gasteiger partial charge on any atom is -0.356 e. The van der Waals surface area contributed by atoms with Crippen LogP contribution in [0.5, 0.6) is 0 Å². The Balaban J connectivity index is 1.52. The second kappa shape index (κ2) is 6.62. The molecule has 0 radical (unpaired) electrons. The Morgan fingerprint density at radius 3 is 2.36 bits per heavy atom. The maximum Gasteiger partial charge on any atom is 0.263 e. The summed E-state index contributed by atoms with van der Waals surface area (Å²) in [4.78, 5) is 8.60. The molecule has 0 amide bonds. The highest BCUT2D eigenvalue weighted by Gasteiger charge is 2.17. The molecule has 0 unspecified atom stereocenters. The van der Waals surface area contributed by atoms with Gasteiger partial charge in [0.2, 0.25) is 0 Å². The Bertz CT molecular complexity index is 1230. The highest BCUT2D eigenvalue weighted by molar-refractivity contribution is 5.98. The van der Waals surface area contributed by atoms with E-state index in [9.17, 15) is 0 Å². The number of hydrogen-bond acceptors (Lipinski definition) is 7. The van der Waals surface area contributed by atoms with Crippen LogP contribution in [-0.4, -0.2) is 20.3 Å². The minimum atomic E-state index is 0.436. The molecule has 0 atom stereocenters. The molecular formula is C21H15N5O2. The van der Waals surface area contributed by atoms with Gasteiger partial charge in [0.25, 0.3) is 5.71 Å². The molecule has 5 rings (SSSR count). The highest BCUT2D eigenvalue weighted by atomic mass is 16.5. The van der Waals surface area contributed by atoms with Gasteiger partial charge in [0.1, 0.15) is 23.2 Å². The molecule has 0 bridgehead atoms. The van der Waals surface area contributed by atoms with Crippen molar-refractivity contribution in [1.82, 2.24) is 20.3 Å². The van der Waals surface area contributed by atoms with Crippen molar-refractivity contribution in [3.63, 3.8) is 0 Å². The monoisotopic (exact) mass is 369 g/mol. The highest BCUT2D eigenvalue weighted by Crippen LogP contribution is 2.33. The molecule has 28 heavy (non-hydrogen) atoms. The summed E-state index contributed by atoms with van der Waals surface area (Å²) in [6.07, 6.45) is 3.08. The summed E-state index contributed by atoms with van der Waals surface area (Å²) >= 11 is 0. The standard InChI is InChI=1S/C21H15N5O2/c1-13-2-4-15(5-3-13)19-18-20(22-12-23-21(18)28-26-19)25-16-8-6-14(7-9-16)17-10-11-24-27-17/h2-12H,1H3,(H,22,23,25). The number of aromatic nitrogens is 4. The average Bonchev–Trinajstić information content (AvgIpc) is 3.40. The summed E-state index contributed by atoms with van der Waals surface area (Å²) in [6.45, 7) is 2.04. The maximum absolute atomic E-state index is 5.42. The molecule has 0 saturated heterocycles. The number of rotatable bonds is 4. The zero-order valence-electron chi connectivity index (χ0n) is 15.0. The molecule has 7 nitrogen and oxygen atoms in total. The average molecular weight is 369 g/mol. The fourth-order valence-electron chi connectivity index (χ4n) is 3.01. The maximum atomic E-state index is 5.42. The van der Waals surface area contributed by atoms with Crippen LogP contribution in [0.15, 0.2) is 76.2 Å². The normalized spacial score (nSPS) is 11.0. The molecule has 0 aliphatic rings. The first-order valence-corrected chi connectivity index (χ1v) is 8.73. The van der Waals surface area contributed by atoms with Gasteiger partial charge in [-0.25, -0.2) is 4.98 Å². The molecule has 0 spiro atoms. The van der Waals surface area contributed by atoms with Crippen LogP contribution in [0.2, 0.25) is 0 Å². The number of nitrogens with one attached hydrogen (secondary N) is 1. The SMILES string of the molecule is Cc1ccc(-c2noc3ncnc(Nc4ccc(-c5ccno5)cc4)c23)cc1. The Morgan fingerprint density at radius 1 is 0.821 bits per heavy atom. The molecule has 3 aromatic heterocycles. The van der Waals surface area contributed by atoms with Crippen LogP contribution in [0, 0.1) is 6.92 Å². The predicted molar refractivity (Wildman–Crippen MR) is 105 cm³/mol. The van der Waals surface area contributed by atoms with E-state index in [1.807, 2.05) is 61.5 Å². The van der Waals surface area contributed by atoms with Gasteiger partial charge in [-0.05, 0) is 31.2 Å². The molecule has 7 heteroatoms. The topological polar surface area (TPSA) is 89.9 Å². The van der Waals surface area contributed by atoms with Gasteiger partial charge in [0.05, 0.1) is 6.20 Å². The fraction of sp³-hybridized carbons (Fsp3) is 0.0476. The van der Waals surface area contributed by atoms with Crippen LogP contribution >= 0.6 is 0 Å². The predicted octanol–water partition coefficient (Wildman–Crippen LogP) is 4.99. The van der Waals surface area contributed by atoms with Gasteiger partial charge in [-0.2, -0.15) is 4.98 Å². The number of nitrogens with zero attached hydrogens (tertiary/aromatic N) is 4. The Kier molecular flexibility index (Phi) is 3.83. The van der Waals surface area contributed by atoms with Gasteiger partial charge in [0, 0.05) is 22.9 Å². The summed E-state index contributed by atoms with van der Waals surface area (Å²) in [5.41, 5.74) is 5.09. The molecule has 0 fully saturated rings. The molecule has 2 aromatic carbocycles. The van der Waals surface area contributed by atoms with E-state index >= 15 is 0 Å². The molecule has 5 aromatic rings. The van der Waals surface area contributed by atoms with Gasteiger partial charge in [-0.1, -0.05) is 40.1 Å². The molecule has 0 saturated carbocycles. The lowest BCUT2D eigenvalue weighted by Crippen LogP contribution is -1.95. The van der Waals surface area contributed by atoms with Crippen LogP contribution < -0.4 is 5.32 Å². The second-order valence-corrected chi connectivity index (χ2v) is 6.38. The third-order valence-electron chi connectivity index (χ3n) is 4.47. The van der Waals surface area contributed by atoms with Crippen LogP contribution in [0.1, 0.15) is 5.56 Å². The molecule has 1 N–H and O–H groups in total.